The Morgan fingerprint density at radius 2 is 2.19 bits per heavy atom. The van der Waals surface area contributed by atoms with Crippen molar-refractivity contribution in [2.45, 2.75) is 17.5 Å². The lowest BCUT2D eigenvalue weighted by molar-refractivity contribution is -0.484. The molecule has 0 saturated heterocycles. The smallest absolute Gasteiger partial charge is 0.230 e. The van der Waals surface area contributed by atoms with Gasteiger partial charge in [0, 0.05) is 15.7 Å². The second kappa shape index (κ2) is 5.52. The lowest BCUT2D eigenvalue weighted by Crippen LogP contribution is -2.39. The molecule has 1 atom stereocenters. The van der Waals surface area contributed by atoms with Crippen molar-refractivity contribution in [2.75, 3.05) is 6.54 Å². The Morgan fingerprint density at radius 1 is 1.56 bits per heavy atom. The van der Waals surface area contributed by atoms with Crippen molar-refractivity contribution < 1.29 is 4.92 Å². The summed E-state index contributed by atoms with van der Waals surface area (Å²) in [6, 6.07) is 7.40. The summed E-state index contributed by atoms with van der Waals surface area (Å²) in [5.41, 5.74) is 6.73. The molecule has 16 heavy (non-hydrogen) atoms. The van der Waals surface area contributed by atoms with E-state index in [1.807, 2.05) is 18.2 Å². The van der Waals surface area contributed by atoms with Crippen LogP contribution in [0.15, 0.2) is 24.3 Å². The molecule has 1 unspecified atom stereocenters. The number of rotatable bonds is 5. The monoisotopic (exact) mass is 260 g/mol. The van der Waals surface area contributed by atoms with Crippen LogP contribution in [0.1, 0.15) is 12.5 Å². The fourth-order valence-corrected chi connectivity index (χ4v) is 2.38. The van der Waals surface area contributed by atoms with Crippen molar-refractivity contribution >= 4 is 23.4 Å². The van der Waals surface area contributed by atoms with Crippen molar-refractivity contribution in [2.24, 2.45) is 5.73 Å². The molecular formula is C10H13ClN2O2S. The summed E-state index contributed by atoms with van der Waals surface area (Å²) >= 11 is 7.30. The second-order valence-corrected chi connectivity index (χ2v) is 5.60. The first-order chi connectivity index (χ1) is 7.41. The highest BCUT2D eigenvalue weighted by Crippen LogP contribution is 2.27. The van der Waals surface area contributed by atoms with Gasteiger partial charge >= 0.3 is 0 Å². The standard InChI is InChI=1S/C10H13ClN2O2S/c1-10(12,7-13(14)15)16-6-8-4-2-3-5-9(8)11/h2-5H,6-7,12H2,1H3. The van der Waals surface area contributed by atoms with Crippen LogP contribution in [0.25, 0.3) is 0 Å². The van der Waals surface area contributed by atoms with E-state index in [4.69, 9.17) is 17.3 Å². The molecule has 1 aromatic carbocycles. The number of benzene rings is 1. The van der Waals surface area contributed by atoms with Gasteiger partial charge in [0.25, 0.3) is 0 Å². The number of hydrogen-bond donors (Lipinski definition) is 1. The van der Waals surface area contributed by atoms with Crippen LogP contribution in [-0.4, -0.2) is 16.3 Å². The minimum atomic E-state index is -0.872. The zero-order valence-corrected chi connectivity index (χ0v) is 10.4. The van der Waals surface area contributed by atoms with Gasteiger partial charge in [-0.2, -0.15) is 0 Å². The Bertz CT molecular complexity index is 385. The van der Waals surface area contributed by atoms with Crippen molar-refractivity contribution in [3.05, 3.63) is 45.0 Å². The van der Waals surface area contributed by atoms with Gasteiger partial charge in [-0.25, -0.2) is 0 Å². The van der Waals surface area contributed by atoms with Gasteiger partial charge < -0.3 is 5.73 Å². The molecule has 88 valence electrons. The van der Waals surface area contributed by atoms with Crippen LogP contribution in [0, 0.1) is 10.1 Å². The number of halogens is 1. The van der Waals surface area contributed by atoms with Gasteiger partial charge in [-0.15, -0.1) is 11.8 Å². The lowest BCUT2D eigenvalue weighted by atomic mass is 10.2. The van der Waals surface area contributed by atoms with E-state index in [-0.39, 0.29) is 6.54 Å². The first kappa shape index (κ1) is 13.3. The molecule has 0 aliphatic rings. The minimum Gasteiger partial charge on any atom is -0.312 e. The SMILES string of the molecule is CC(N)(C[N+](=O)[O-])SCc1ccccc1Cl. The molecule has 0 aliphatic heterocycles. The Balaban J connectivity index is 2.57. The number of nitrogens with zero attached hydrogens (tertiary/aromatic N) is 1. The highest BCUT2D eigenvalue weighted by atomic mass is 35.5. The maximum atomic E-state index is 10.4. The highest BCUT2D eigenvalue weighted by Gasteiger charge is 2.25. The fraction of sp³-hybridized carbons (Fsp3) is 0.400. The predicted octanol–water partition coefficient (Wildman–Crippen LogP) is 2.52. The first-order valence-corrected chi connectivity index (χ1v) is 6.05. The highest BCUT2D eigenvalue weighted by molar-refractivity contribution is 7.99. The van der Waals surface area contributed by atoms with Crippen molar-refractivity contribution in [3.8, 4) is 0 Å². The predicted molar refractivity (Wildman–Crippen MR) is 67.2 cm³/mol. The van der Waals surface area contributed by atoms with Gasteiger partial charge in [-0.05, 0) is 18.6 Å². The van der Waals surface area contributed by atoms with Crippen LogP contribution in [-0.2, 0) is 5.75 Å². The molecule has 0 amide bonds. The molecule has 0 heterocycles. The van der Waals surface area contributed by atoms with Gasteiger partial charge in [0.1, 0.15) is 4.87 Å². The van der Waals surface area contributed by atoms with E-state index >= 15 is 0 Å². The van der Waals surface area contributed by atoms with Gasteiger partial charge in [0.05, 0.1) is 0 Å². The number of nitro groups is 1. The molecule has 4 nitrogen and oxygen atoms in total. The van der Waals surface area contributed by atoms with Crippen LogP contribution < -0.4 is 5.73 Å². The van der Waals surface area contributed by atoms with Gasteiger partial charge in [0.15, 0.2) is 0 Å². The van der Waals surface area contributed by atoms with Crippen LogP contribution in [0.2, 0.25) is 5.02 Å². The number of hydrogen-bond acceptors (Lipinski definition) is 4. The van der Waals surface area contributed by atoms with Gasteiger partial charge in [0.2, 0.25) is 6.54 Å². The van der Waals surface area contributed by atoms with E-state index in [0.29, 0.717) is 10.8 Å². The summed E-state index contributed by atoms with van der Waals surface area (Å²) in [4.78, 5) is 9.10. The molecule has 0 spiro atoms. The Morgan fingerprint density at radius 3 is 2.75 bits per heavy atom. The number of nitrogens with two attached hydrogens (primary N) is 1. The summed E-state index contributed by atoms with van der Waals surface area (Å²) in [5.74, 6) is 0.570. The van der Waals surface area contributed by atoms with E-state index in [1.54, 1.807) is 13.0 Å². The molecular weight excluding hydrogens is 248 g/mol. The Hall–Kier alpha value is -0.780. The third kappa shape index (κ3) is 4.38. The van der Waals surface area contributed by atoms with Crippen molar-refractivity contribution in [1.29, 1.82) is 0 Å². The Kier molecular flexibility index (Phi) is 4.58. The summed E-state index contributed by atoms with van der Waals surface area (Å²) in [7, 11) is 0. The molecule has 0 saturated carbocycles. The third-order valence-electron chi connectivity index (χ3n) is 1.96. The topological polar surface area (TPSA) is 69.2 Å². The minimum absolute atomic E-state index is 0.262. The summed E-state index contributed by atoms with van der Waals surface area (Å²) in [6.45, 7) is 1.39. The number of thioether (sulfide) groups is 1. The van der Waals surface area contributed by atoms with Gasteiger partial charge in [-0.3, -0.25) is 10.1 Å². The normalized spacial score (nSPS) is 14.4. The summed E-state index contributed by atoms with van der Waals surface area (Å²) in [5, 5.41) is 11.0. The third-order valence-corrected chi connectivity index (χ3v) is 3.57. The molecule has 0 radical (unpaired) electrons. The molecule has 0 aliphatic carbocycles. The largest absolute Gasteiger partial charge is 0.312 e. The van der Waals surface area contributed by atoms with Crippen LogP contribution >= 0.6 is 23.4 Å². The van der Waals surface area contributed by atoms with Crippen LogP contribution in [0.4, 0.5) is 0 Å². The Labute approximate surface area is 103 Å². The van der Waals surface area contributed by atoms with E-state index in [0.717, 1.165) is 5.56 Å². The van der Waals surface area contributed by atoms with E-state index in [1.165, 1.54) is 11.8 Å². The first-order valence-electron chi connectivity index (χ1n) is 4.69. The molecule has 2 N–H and O–H groups in total. The molecule has 1 rings (SSSR count). The van der Waals surface area contributed by atoms with Crippen LogP contribution in [0.5, 0.6) is 0 Å². The molecule has 0 fully saturated rings. The quantitative estimate of drug-likeness (QED) is 0.502. The maximum absolute atomic E-state index is 10.4. The van der Waals surface area contributed by atoms with E-state index in [2.05, 4.69) is 0 Å². The van der Waals surface area contributed by atoms with Crippen molar-refractivity contribution in [1.82, 2.24) is 0 Å². The molecule has 6 heteroatoms. The second-order valence-electron chi connectivity index (χ2n) is 3.68. The zero-order valence-electron chi connectivity index (χ0n) is 8.85. The average Bonchev–Trinajstić information content (AvgIpc) is 2.14. The van der Waals surface area contributed by atoms with E-state index in [9.17, 15) is 10.1 Å². The lowest BCUT2D eigenvalue weighted by Gasteiger charge is -2.19. The fourth-order valence-electron chi connectivity index (χ4n) is 1.16. The average molecular weight is 261 g/mol. The molecule has 1 aromatic rings. The summed E-state index contributed by atoms with van der Waals surface area (Å²) < 4.78 is 0. The summed E-state index contributed by atoms with van der Waals surface area (Å²) in [6.07, 6.45) is 0. The molecule has 0 bridgehead atoms. The molecule has 0 aromatic heterocycles. The van der Waals surface area contributed by atoms with Crippen LogP contribution in [0.3, 0.4) is 0 Å². The maximum Gasteiger partial charge on any atom is 0.230 e. The zero-order chi connectivity index (χ0) is 12.2. The van der Waals surface area contributed by atoms with E-state index < -0.39 is 9.79 Å². The van der Waals surface area contributed by atoms with Gasteiger partial charge in [-0.1, -0.05) is 29.8 Å². The van der Waals surface area contributed by atoms with Crippen molar-refractivity contribution in [3.63, 3.8) is 0 Å².